The van der Waals surface area contributed by atoms with Crippen LogP contribution in [0.1, 0.15) is 33.6 Å². The van der Waals surface area contributed by atoms with Crippen molar-refractivity contribution in [3.05, 3.63) is 0 Å². The molecule has 0 saturated heterocycles. The average molecular weight is 232 g/mol. The van der Waals surface area contributed by atoms with Crippen LogP contribution in [0.25, 0.3) is 0 Å². The van der Waals surface area contributed by atoms with Gasteiger partial charge in [-0.3, -0.25) is 4.90 Å². The summed E-state index contributed by atoms with van der Waals surface area (Å²) in [6.45, 7) is 7.63. The van der Waals surface area contributed by atoms with Crippen LogP contribution >= 0.6 is 11.8 Å². The number of thioether (sulfide) groups is 1. The smallest absolute Gasteiger partial charge is 0.0244 e. The average Bonchev–Trinajstić information content (AvgIpc) is 2.19. The second-order valence-electron chi connectivity index (χ2n) is 4.54. The van der Waals surface area contributed by atoms with Gasteiger partial charge in [-0.1, -0.05) is 20.3 Å². The highest BCUT2D eigenvalue weighted by Gasteiger charge is 2.22. The monoisotopic (exact) mass is 232 g/mol. The molecule has 0 amide bonds. The Morgan fingerprint density at radius 1 is 1.33 bits per heavy atom. The summed E-state index contributed by atoms with van der Waals surface area (Å²) in [5, 5.41) is 0. The third-order valence-corrected chi connectivity index (χ3v) is 4.08. The van der Waals surface area contributed by atoms with E-state index in [-0.39, 0.29) is 0 Å². The molecule has 3 atom stereocenters. The minimum Gasteiger partial charge on any atom is -0.329 e. The lowest BCUT2D eigenvalue weighted by Crippen LogP contribution is -2.47. The Morgan fingerprint density at radius 2 is 1.93 bits per heavy atom. The van der Waals surface area contributed by atoms with Crippen LogP contribution in [0, 0.1) is 5.92 Å². The summed E-state index contributed by atoms with van der Waals surface area (Å²) in [7, 11) is 2.21. The molecule has 0 aromatic heterocycles. The maximum atomic E-state index is 5.89. The quantitative estimate of drug-likeness (QED) is 0.697. The van der Waals surface area contributed by atoms with Crippen molar-refractivity contribution in [1.82, 2.24) is 4.90 Å². The Morgan fingerprint density at radius 3 is 2.33 bits per heavy atom. The molecule has 0 aromatic rings. The second-order valence-corrected chi connectivity index (χ2v) is 5.45. The van der Waals surface area contributed by atoms with Gasteiger partial charge in [0.15, 0.2) is 0 Å². The molecule has 3 unspecified atom stereocenters. The number of nitrogens with two attached hydrogens (primary N) is 1. The summed E-state index contributed by atoms with van der Waals surface area (Å²) in [5.74, 6) is 1.89. The first-order valence-electron chi connectivity index (χ1n) is 5.99. The molecule has 0 aromatic carbocycles. The topological polar surface area (TPSA) is 29.3 Å². The van der Waals surface area contributed by atoms with Gasteiger partial charge in [-0.25, -0.2) is 0 Å². The van der Waals surface area contributed by atoms with Gasteiger partial charge in [0.25, 0.3) is 0 Å². The molecule has 0 fully saturated rings. The van der Waals surface area contributed by atoms with Crippen LogP contribution in [0.5, 0.6) is 0 Å². The molecular formula is C12H28N2S. The number of likely N-dealkylation sites (N-methyl/N-ethyl adjacent to an activating group) is 1. The minimum absolute atomic E-state index is 0.534. The zero-order valence-corrected chi connectivity index (χ0v) is 11.8. The first-order valence-corrected chi connectivity index (χ1v) is 7.38. The van der Waals surface area contributed by atoms with Crippen LogP contribution in [-0.4, -0.2) is 42.6 Å². The van der Waals surface area contributed by atoms with E-state index in [4.69, 9.17) is 5.73 Å². The van der Waals surface area contributed by atoms with Crippen molar-refractivity contribution in [2.75, 3.05) is 25.6 Å². The van der Waals surface area contributed by atoms with Crippen LogP contribution in [0.2, 0.25) is 0 Å². The Bertz CT molecular complexity index is 153. The molecule has 3 heteroatoms. The maximum Gasteiger partial charge on any atom is 0.0244 e. The van der Waals surface area contributed by atoms with Crippen molar-refractivity contribution < 1.29 is 0 Å². The van der Waals surface area contributed by atoms with Crippen LogP contribution in [0.3, 0.4) is 0 Å². The predicted octanol–water partition coefficient (Wildman–Crippen LogP) is 2.43. The van der Waals surface area contributed by atoms with Crippen molar-refractivity contribution in [1.29, 1.82) is 0 Å². The summed E-state index contributed by atoms with van der Waals surface area (Å²) in [6.07, 6.45) is 4.69. The van der Waals surface area contributed by atoms with Crippen LogP contribution < -0.4 is 5.73 Å². The van der Waals surface area contributed by atoms with Gasteiger partial charge in [0, 0.05) is 24.4 Å². The fraction of sp³-hybridized carbons (Fsp3) is 1.00. The van der Waals surface area contributed by atoms with Gasteiger partial charge in [-0.05, 0) is 32.6 Å². The highest BCUT2D eigenvalue weighted by molar-refractivity contribution is 7.98. The highest BCUT2D eigenvalue weighted by atomic mass is 32.2. The van der Waals surface area contributed by atoms with E-state index in [1.165, 1.54) is 18.6 Å². The van der Waals surface area contributed by atoms with Crippen molar-refractivity contribution in [3.8, 4) is 0 Å². The summed E-state index contributed by atoms with van der Waals surface area (Å²) < 4.78 is 0. The summed E-state index contributed by atoms with van der Waals surface area (Å²) in [4.78, 5) is 2.46. The summed E-state index contributed by atoms with van der Waals surface area (Å²) in [6, 6.07) is 1.15. The molecular weight excluding hydrogens is 204 g/mol. The Kier molecular flexibility index (Phi) is 8.58. The second kappa shape index (κ2) is 8.43. The van der Waals surface area contributed by atoms with Gasteiger partial charge >= 0.3 is 0 Å². The predicted molar refractivity (Wildman–Crippen MR) is 72.5 cm³/mol. The number of hydrogen-bond donors (Lipinski definition) is 1. The van der Waals surface area contributed by atoms with E-state index in [2.05, 4.69) is 39.0 Å². The SMILES string of the molecule is CCCC(C)C(CN)N(C)C(C)CSC. The molecule has 2 nitrogen and oxygen atoms in total. The molecule has 0 spiro atoms. The Labute approximate surface area is 100.0 Å². The maximum absolute atomic E-state index is 5.89. The van der Waals surface area contributed by atoms with Crippen molar-refractivity contribution in [2.24, 2.45) is 11.7 Å². The summed E-state index contributed by atoms with van der Waals surface area (Å²) >= 11 is 1.91. The van der Waals surface area contributed by atoms with E-state index in [1.54, 1.807) is 0 Å². The zero-order valence-electron chi connectivity index (χ0n) is 11.0. The standard InChI is InChI=1S/C12H28N2S/c1-6-7-10(2)12(8-13)14(4)11(3)9-15-5/h10-12H,6-9,13H2,1-5H3. The lowest BCUT2D eigenvalue weighted by Gasteiger charge is -2.36. The summed E-state index contributed by atoms with van der Waals surface area (Å²) in [5.41, 5.74) is 5.89. The molecule has 0 saturated carbocycles. The number of nitrogens with zero attached hydrogens (tertiary/aromatic N) is 1. The third-order valence-electron chi connectivity index (χ3n) is 3.27. The molecule has 0 aliphatic carbocycles. The normalized spacial score (nSPS) is 17.8. The Hall–Kier alpha value is 0.270. The van der Waals surface area contributed by atoms with Gasteiger partial charge in [0.1, 0.15) is 0 Å². The lowest BCUT2D eigenvalue weighted by atomic mass is 9.95. The molecule has 2 N–H and O–H groups in total. The zero-order chi connectivity index (χ0) is 11.8. The molecule has 15 heavy (non-hydrogen) atoms. The van der Waals surface area contributed by atoms with Crippen LogP contribution in [0.4, 0.5) is 0 Å². The molecule has 0 radical (unpaired) electrons. The van der Waals surface area contributed by atoms with Crippen molar-refractivity contribution >= 4 is 11.8 Å². The third kappa shape index (κ3) is 5.23. The fourth-order valence-electron chi connectivity index (χ4n) is 2.13. The molecule has 0 heterocycles. The van der Waals surface area contributed by atoms with E-state index < -0.39 is 0 Å². The fourth-order valence-corrected chi connectivity index (χ4v) is 2.85. The lowest BCUT2D eigenvalue weighted by molar-refractivity contribution is 0.148. The Balaban J connectivity index is 4.24. The van der Waals surface area contributed by atoms with Gasteiger partial charge < -0.3 is 5.73 Å². The van der Waals surface area contributed by atoms with Gasteiger partial charge in [-0.2, -0.15) is 11.8 Å². The molecule has 0 rings (SSSR count). The van der Waals surface area contributed by atoms with Gasteiger partial charge in [0.2, 0.25) is 0 Å². The van der Waals surface area contributed by atoms with Gasteiger partial charge in [-0.15, -0.1) is 0 Å². The van der Waals surface area contributed by atoms with Crippen LogP contribution in [0.15, 0.2) is 0 Å². The molecule has 0 aliphatic rings. The van der Waals surface area contributed by atoms with Crippen molar-refractivity contribution in [2.45, 2.75) is 45.7 Å². The minimum atomic E-state index is 0.534. The first-order chi connectivity index (χ1) is 7.08. The van der Waals surface area contributed by atoms with Gasteiger partial charge in [0.05, 0.1) is 0 Å². The largest absolute Gasteiger partial charge is 0.329 e. The van der Waals surface area contributed by atoms with E-state index >= 15 is 0 Å². The van der Waals surface area contributed by atoms with Crippen molar-refractivity contribution in [3.63, 3.8) is 0 Å². The number of rotatable bonds is 8. The van der Waals surface area contributed by atoms with E-state index in [1.807, 2.05) is 11.8 Å². The molecule has 0 aliphatic heterocycles. The first kappa shape index (κ1) is 15.3. The molecule has 0 bridgehead atoms. The molecule has 92 valence electrons. The van der Waals surface area contributed by atoms with E-state index in [9.17, 15) is 0 Å². The highest BCUT2D eigenvalue weighted by Crippen LogP contribution is 2.17. The van der Waals surface area contributed by atoms with Crippen LogP contribution in [-0.2, 0) is 0 Å². The van der Waals surface area contributed by atoms with E-state index in [0.717, 1.165) is 6.54 Å². The number of hydrogen-bond acceptors (Lipinski definition) is 3. The van der Waals surface area contributed by atoms with E-state index in [0.29, 0.717) is 18.0 Å².